The third kappa shape index (κ3) is 7.79. The maximum atomic E-state index is 13.6. The van der Waals surface area contributed by atoms with Crippen molar-refractivity contribution in [2.75, 3.05) is 0 Å². The first-order chi connectivity index (χ1) is 19.6. The minimum Gasteiger partial charge on any atom is -0.460 e. The van der Waals surface area contributed by atoms with Gasteiger partial charge in [-0.25, -0.2) is 8.42 Å². The average Bonchev–Trinajstić information content (AvgIpc) is 3.40. The van der Waals surface area contributed by atoms with E-state index in [-0.39, 0.29) is 35.4 Å². The highest BCUT2D eigenvalue weighted by Gasteiger charge is 2.26. The van der Waals surface area contributed by atoms with Crippen molar-refractivity contribution < 1.29 is 17.6 Å². The van der Waals surface area contributed by atoms with Crippen molar-refractivity contribution >= 4 is 56.8 Å². The Balaban J connectivity index is 1.57. The second-order valence-electron chi connectivity index (χ2n) is 9.06. The molecule has 1 amide bonds. The van der Waals surface area contributed by atoms with Crippen molar-refractivity contribution in [3.05, 3.63) is 128 Å². The maximum Gasteiger partial charge on any atom is 0.262 e. The molecule has 1 atom stereocenters. The van der Waals surface area contributed by atoms with Gasteiger partial charge in [0.15, 0.2) is 0 Å². The molecule has 1 N–H and O–H groups in total. The molecule has 0 aliphatic heterocycles. The molecule has 4 rings (SSSR count). The van der Waals surface area contributed by atoms with Crippen LogP contribution in [0.3, 0.4) is 0 Å². The monoisotopic (exact) mass is 627 g/mol. The average molecular weight is 629 g/mol. The number of halogens is 3. The summed E-state index contributed by atoms with van der Waals surface area (Å²) < 4.78 is 34.3. The first-order valence-corrected chi connectivity index (χ1v) is 14.9. The van der Waals surface area contributed by atoms with Gasteiger partial charge in [0.25, 0.3) is 5.91 Å². The van der Waals surface area contributed by atoms with Crippen LogP contribution in [0.1, 0.15) is 35.6 Å². The molecule has 11 heteroatoms. The van der Waals surface area contributed by atoms with Gasteiger partial charge in [0.05, 0.1) is 27.5 Å². The number of amides is 1. The second kappa shape index (κ2) is 13.4. The van der Waals surface area contributed by atoms with Crippen molar-refractivity contribution in [1.29, 1.82) is 5.26 Å². The van der Waals surface area contributed by atoms with Crippen LogP contribution < -0.4 is 5.32 Å². The smallest absolute Gasteiger partial charge is 0.262 e. The summed E-state index contributed by atoms with van der Waals surface area (Å²) in [5, 5.41) is 13.5. The third-order valence-corrected chi connectivity index (χ3v) is 8.90. The molecule has 1 aromatic heterocycles. The van der Waals surface area contributed by atoms with Crippen LogP contribution >= 0.6 is 34.8 Å². The van der Waals surface area contributed by atoms with Gasteiger partial charge in [-0.15, -0.1) is 0 Å². The topological polar surface area (TPSA) is 103 Å². The lowest BCUT2D eigenvalue weighted by atomic mass is 10.1. The van der Waals surface area contributed by atoms with Gasteiger partial charge < -0.3 is 9.73 Å². The molecule has 0 unspecified atom stereocenters. The Morgan fingerprint density at radius 2 is 1.68 bits per heavy atom. The summed E-state index contributed by atoms with van der Waals surface area (Å²) in [6.07, 6.45) is 1.31. The fraction of sp³-hybridized carbons (Fsp3) is 0.133. The number of hydrogen-bond acceptors (Lipinski definition) is 5. The van der Waals surface area contributed by atoms with Gasteiger partial charge in [-0.3, -0.25) is 4.79 Å². The van der Waals surface area contributed by atoms with Gasteiger partial charge in [-0.2, -0.15) is 9.57 Å². The highest BCUT2D eigenvalue weighted by atomic mass is 35.5. The number of benzene rings is 3. The summed E-state index contributed by atoms with van der Waals surface area (Å²) in [4.78, 5) is 12.8. The standard InChI is InChI=1S/C30H24Cl3N3O4S/c1-20(22-5-3-2-4-6-22)35-30(37)23(17-34)16-25-10-11-26(40-25)19-36(18-21-7-14-28(32)29(33)15-21)41(38,39)27-12-8-24(31)9-13-27/h2-16,20H,18-19H2,1H3,(H,35,37)/b23-16-/t20-/m1/s1. The predicted molar refractivity (Wildman–Crippen MR) is 160 cm³/mol. The minimum atomic E-state index is -4.00. The number of hydrogen-bond donors (Lipinski definition) is 1. The van der Waals surface area contributed by atoms with Crippen LogP contribution in [-0.2, 0) is 27.9 Å². The first-order valence-electron chi connectivity index (χ1n) is 12.3. The van der Waals surface area contributed by atoms with Crippen molar-refractivity contribution in [3.63, 3.8) is 0 Å². The normalized spacial score (nSPS) is 12.6. The molecule has 0 fully saturated rings. The Kier molecular flexibility index (Phi) is 9.92. The van der Waals surface area contributed by atoms with Crippen molar-refractivity contribution in [3.8, 4) is 6.07 Å². The number of nitriles is 1. The summed E-state index contributed by atoms with van der Waals surface area (Å²) in [5.74, 6) is -0.0463. The molecule has 4 aromatic rings. The molecule has 7 nitrogen and oxygen atoms in total. The van der Waals surface area contributed by atoms with Gasteiger partial charge in [0.1, 0.15) is 23.2 Å². The van der Waals surface area contributed by atoms with Gasteiger partial charge >= 0.3 is 0 Å². The van der Waals surface area contributed by atoms with E-state index in [1.54, 1.807) is 30.3 Å². The highest BCUT2D eigenvalue weighted by molar-refractivity contribution is 7.89. The van der Waals surface area contributed by atoms with E-state index in [0.717, 1.165) is 5.56 Å². The molecule has 41 heavy (non-hydrogen) atoms. The lowest BCUT2D eigenvalue weighted by Crippen LogP contribution is -2.30. The summed E-state index contributed by atoms with van der Waals surface area (Å²) >= 11 is 18.2. The molecule has 210 valence electrons. The molecular formula is C30H24Cl3N3O4S. The largest absolute Gasteiger partial charge is 0.460 e. The summed E-state index contributed by atoms with van der Waals surface area (Å²) in [6, 6.07) is 24.8. The van der Waals surface area contributed by atoms with E-state index in [4.69, 9.17) is 39.2 Å². The van der Waals surface area contributed by atoms with E-state index >= 15 is 0 Å². The quantitative estimate of drug-likeness (QED) is 0.145. The minimum absolute atomic E-state index is 0.0308. The molecule has 3 aromatic carbocycles. The molecule has 0 saturated heterocycles. The van der Waals surface area contributed by atoms with E-state index in [9.17, 15) is 18.5 Å². The van der Waals surface area contributed by atoms with Gasteiger partial charge in [0, 0.05) is 17.6 Å². The van der Waals surface area contributed by atoms with E-state index < -0.39 is 15.9 Å². The Hall–Kier alpha value is -3.58. The number of nitrogens with zero attached hydrogens (tertiary/aromatic N) is 2. The van der Waals surface area contributed by atoms with Gasteiger partial charge in [0.2, 0.25) is 10.0 Å². The second-order valence-corrected chi connectivity index (χ2v) is 12.2. The lowest BCUT2D eigenvalue weighted by molar-refractivity contribution is -0.117. The fourth-order valence-electron chi connectivity index (χ4n) is 3.94. The van der Waals surface area contributed by atoms with Crippen molar-refractivity contribution in [2.24, 2.45) is 0 Å². The van der Waals surface area contributed by atoms with E-state index in [1.807, 2.05) is 43.3 Å². The number of sulfonamides is 1. The van der Waals surface area contributed by atoms with Gasteiger partial charge in [-0.05, 0) is 66.6 Å². The Morgan fingerprint density at radius 1 is 0.976 bits per heavy atom. The maximum absolute atomic E-state index is 13.6. The van der Waals surface area contributed by atoms with E-state index in [2.05, 4.69) is 5.32 Å². The molecule has 0 aliphatic rings. The number of carbonyl (C=O) groups excluding carboxylic acids is 1. The zero-order valence-corrected chi connectivity index (χ0v) is 24.8. The molecular weight excluding hydrogens is 605 g/mol. The van der Waals surface area contributed by atoms with Crippen molar-refractivity contribution in [2.45, 2.75) is 31.0 Å². The van der Waals surface area contributed by atoms with Crippen LogP contribution in [0.2, 0.25) is 15.1 Å². The van der Waals surface area contributed by atoms with Gasteiger partial charge in [-0.1, -0.05) is 71.2 Å². The van der Waals surface area contributed by atoms with Crippen LogP contribution in [0.5, 0.6) is 0 Å². The molecule has 0 bridgehead atoms. The lowest BCUT2D eigenvalue weighted by Gasteiger charge is -2.22. The molecule has 1 heterocycles. The summed E-state index contributed by atoms with van der Waals surface area (Å²) in [5.41, 5.74) is 1.34. The Morgan fingerprint density at radius 3 is 2.34 bits per heavy atom. The van der Waals surface area contributed by atoms with Crippen LogP contribution in [-0.4, -0.2) is 18.6 Å². The molecule has 0 saturated carbocycles. The van der Waals surface area contributed by atoms with Crippen LogP contribution in [0.15, 0.2) is 99.8 Å². The fourth-order valence-corrected chi connectivity index (χ4v) is 5.79. The van der Waals surface area contributed by atoms with Crippen LogP contribution in [0, 0.1) is 11.3 Å². The van der Waals surface area contributed by atoms with E-state index in [0.29, 0.717) is 26.4 Å². The SMILES string of the molecule is C[C@@H](NC(=O)/C(C#N)=C\c1ccc(CN(Cc2ccc(Cl)c(Cl)c2)S(=O)(=O)c2ccc(Cl)cc2)o1)c1ccccc1. The Bertz CT molecular complexity index is 1710. The van der Waals surface area contributed by atoms with E-state index in [1.165, 1.54) is 34.6 Å². The number of furan rings is 1. The first kappa shape index (κ1) is 30.4. The zero-order valence-electron chi connectivity index (χ0n) is 21.7. The molecule has 0 aliphatic carbocycles. The number of carbonyl (C=O) groups is 1. The number of rotatable bonds is 10. The van der Waals surface area contributed by atoms with Crippen molar-refractivity contribution in [1.82, 2.24) is 9.62 Å². The van der Waals surface area contributed by atoms with Crippen LogP contribution in [0.4, 0.5) is 0 Å². The summed E-state index contributed by atoms with van der Waals surface area (Å²) in [6.45, 7) is 1.64. The summed E-state index contributed by atoms with van der Waals surface area (Å²) in [7, 11) is -4.00. The Labute approximate surface area is 253 Å². The van der Waals surface area contributed by atoms with Crippen LogP contribution in [0.25, 0.3) is 6.08 Å². The zero-order chi connectivity index (χ0) is 29.6. The third-order valence-electron chi connectivity index (χ3n) is 6.11. The molecule has 0 spiro atoms. The molecule has 0 radical (unpaired) electrons. The predicted octanol–water partition coefficient (Wildman–Crippen LogP) is 7.42. The number of nitrogens with one attached hydrogen (secondary N) is 1. The highest BCUT2D eigenvalue weighted by Crippen LogP contribution is 2.27.